The van der Waals surface area contributed by atoms with E-state index in [9.17, 15) is 4.39 Å². The lowest BCUT2D eigenvalue weighted by atomic mass is 9.93. The van der Waals surface area contributed by atoms with Gasteiger partial charge < -0.3 is 14.8 Å². The van der Waals surface area contributed by atoms with Crippen molar-refractivity contribution in [3.05, 3.63) is 65.0 Å². The number of rotatable bonds is 3. The number of hydrogen-bond donors (Lipinski definition) is 1. The monoisotopic (exact) mass is 386 g/mol. The first-order valence-electron chi connectivity index (χ1n) is 9.06. The number of nitrogens with one attached hydrogen (secondary N) is 1. The third kappa shape index (κ3) is 4.28. The van der Waals surface area contributed by atoms with Crippen molar-refractivity contribution in [3.63, 3.8) is 0 Å². The third-order valence-electron chi connectivity index (χ3n) is 4.63. The number of hydrogen-bond acceptors (Lipinski definition) is 5. The van der Waals surface area contributed by atoms with Crippen molar-refractivity contribution in [3.8, 4) is 5.75 Å². The molecule has 4 nitrogen and oxygen atoms in total. The van der Waals surface area contributed by atoms with Gasteiger partial charge >= 0.3 is 0 Å². The predicted molar refractivity (Wildman–Crippen MR) is 106 cm³/mol. The zero-order valence-electron chi connectivity index (χ0n) is 15.5. The number of fused-ring (bicyclic) bond motifs is 1. The molecule has 0 spiro atoms. The normalized spacial score (nSPS) is 20.9. The van der Waals surface area contributed by atoms with Crippen molar-refractivity contribution in [1.82, 2.24) is 5.32 Å². The van der Waals surface area contributed by atoms with Crippen LogP contribution in [0.15, 0.2) is 47.5 Å². The van der Waals surface area contributed by atoms with Crippen LogP contribution in [0.3, 0.4) is 0 Å². The summed E-state index contributed by atoms with van der Waals surface area (Å²) in [5.74, 6) is 1.04. The second kappa shape index (κ2) is 7.52. The first-order valence-corrected chi connectivity index (χ1v) is 10.0. The Hall–Kier alpha value is -2.05. The molecule has 27 heavy (non-hydrogen) atoms. The van der Waals surface area contributed by atoms with E-state index < -0.39 is 6.29 Å². The van der Waals surface area contributed by atoms with E-state index in [-0.39, 0.29) is 11.2 Å². The van der Waals surface area contributed by atoms with E-state index in [4.69, 9.17) is 9.47 Å². The first kappa shape index (κ1) is 18.3. The molecule has 1 atom stereocenters. The molecule has 1 N–H and O–H groups in total. The second-order valence-electron chi connectivity index (χ2n) is 7.65. The van der Waals surface area contributed by atoms with E-state index in [0.29, 0.717) is 12.4 Å². The average Bonchev–Trinajstić information content (AvgIpc) is 2.67. The van der Waals surface area contributed by atoms with Gasteiger partial charge in [0.25, 0.3) is 0 Å². The van der Waals surface area contributed by atoms with E-state index in [2.05, 4.69) is 24.2 Å². The summed E-state index contributed by atoms with van der Waals surface area (Å²) in [6.07, 6.45) is -0.473. The van der Waals surface area contributed by atoms with Gasteiger partial charge in [0.15, 0.2) is 5.17 Å². The molecule has 0 amide bonds. The van der Waals surface area contributed by atoms with Crippen LogP contribution in [0.4, 0.5) is 4.39 Å². The molecule has 142 valence electrons. The Morgan fingerprint density at radius 2 is 2.07 bits per heavy atom. The summed E-state index contributed by atoms with van der Waals surface area (Å²) in [5, 5.41) is 4.26. The maximum atomic E-state index is 14.1. The fourth-order valence-electron chi connectivity index (χ4n) is 3.11. The van der Waals surface area contributed by atoms with Crippen LogP contribution in [-0.4, -0.2) is 18.3 Å². The lowest BCUT2D eigenvalue weighted by Crippen LogP contribution is -2.39. The van der Waals surface area contributed by atoms with Crippen LogP contribution >= 0.6 is 11.8 Å². The molecule has 0 fully saturated rings. The quantitative estimate of drug-likeness (QED) is 0.834. The average molecular weight is 386 g/mol. The van der Waals surface area contributed by atoms with Gasteiger partial charge in [-0.25, -0.2) is 4.39 Å². The molecule has 2 aromatic rings. The van der Waals surface area contributed by atoms with E-state index in [0.717, 1.165) is 40.7 Å². The van der Waals surface area contributed by atoms with Crippen molar-refractivity contribution in [2.75, 3.05) is 13.1 Å². The zero-order chi connectivity index (χ0) is 18.9. The third-order valence-corrected chi connectivity index (χ3v) is 5.63. The molecular formula is C21H23FN2O2S. The van der Waals surface area contributed by atoms with E-state index in [1.54, 1.807) is 17.8 Å². The van der Waals surface area contributed by atoms with Crippen molar-refractivity contribution >= 4 is 16.9 Å². The van der Waals surface area contributed by atoms with Crippen LogP contribution in [0.5, 0.6) is 5.75 Å². The number of benzene rings is 2. The van der Waals surface area contributed by atoms with Crippen LogP contribution < -0.4 is 10.1 Å². The number of amidine groups is 1. The van der Waals surface area contributed by atoms with Gasteiger partial charge in [-0.05, 0) is 12.1 Å². The van der Waals surface area contributed by atoms with E-state index >= 15 is 0 Å². The van der Waals surface area contributed by atoms with Gasteiger partial charge in [0.2, 0.25) is 6.29 Å². The lowest BCUT2D eigenvalue weighted by molar-refractivity contribution is -0.112. The van der Waals surface area contributed by atoms with Crippen LogP contribution in [0.25, 0.3) is 0 Å². The van der Waals surface area contributed by atoms with Crippen molar-refractivity contribution < 1.29 is 13.9 Å². The summed E-state index contributed by atoms with van der Waals surface area (Å²) >= 11 is 1.58. The standard InChI is InChI=1S/C21H23FN2O2S/c1-21(2)12-23-20(24-13-21)27-11-16-9-17(22)8-15-10-25-19(26-18(15)16)14-6-4-3-5-7-14/h3-9,19H,10-13H2,1-2H3,(H,23,24)/t19-/m0/s1. The molecule has 0 unspecified atom stereocenters. The molecule has 2 heterocycles. The smallest absolute Gasteiger partial charge is 0.227 e. The fourth-order valence-corrected chi connectivity index (χ4v) is 3.95. The minimum Gasteiger partial charge on any atom is -0.460 e. The molecule has 2 aliphatic rings. The molecule has 0 aromatic heterocycles. The summed E-state index contributed by atoms with van der Waals surface area (Å²) in [6, 6.07) is 12.8. The SMILES string of the molecule is CC1(C)CN=C(SCc2cc(F)cc3c2O[C@@H](c2ccccc2)OC3)NC1. The van der Waals surface area contributed by atoms with Gasteiger partial charge in [-0.3, -0.25) is 4.99 Å². The number of aliphatic imine (C=N–C) groups is 1. The highest BCUT2D eigenvalue weighted by atomic mass is 32.2. The number of thioether (sulfide) groups is 1. The lowest BCUT2D eigenvalue weighted by Gasteiger charge is -2.30. The molecule has 4 rings (SSSR count). The molecule has 0 bridgehead atoms. The molecule has 0 aliphatic carbocycles. The van der Waals surface area contributed by atoms with Gasteiger partial charge in [0.1, 0.15) is 11.6 Å². The molecule has 0 radical (unpaired) electrons. The largest absolute Gasteiger partial charge is 0.460 e. The molecule has 0 saturated carbocycles. The van der Waals surface area contributed by atoms with Gasteiger partial charge in [0.05, 0.1) is 6.61 Å². The highest BCUT2D eigenvalue weighted by Crippen LogP contribution is 2.38. The van der Waals surface area contributed by atoms with Crippen LogP contribution in [0.2, 0.25) is 0 Å². The Bertz CT molecular complexity index is 855. The van der Waals surface area contributed by atoms with Crippen molar-refractivity contribution in [1.29, 1.82) is 0 Å². The van der Waals surface area contributed by atoms with Crippen LogP contribution in [0.1, 0.15) is 36.8 Å². The minimum absolute atomic E-state index is 0.172. The molecular weight excluding hydrogens is 363 g/mol. The summed E-state index contributed by atoms with van der Waals surface area (Å²) in [6.45, 7) is 6.39. The topological polar surface area (TPSA) is 42.9 Å². The minimum atomic E-state index is -0.473. The molecule has 2 aromatic carbocycles. The van der Waals surface area contributed by atoms with E-state index in [1.165, 1.54) is 6.07 Å². The Morgan fingerprint density at radius 1 is 1.26 bits per heavy atom. The maximum absolute atomic E-state index is 14.1. The maximum Gasteiger partial charge on any atom is 0.227 e. The summed E-state index contributed by atoms with van der Waals surface area (Å²) < 4.78 is 26.0. The molecule has 0 saturated heterocycles. The van der Waals surface area contributed by atoms with Crippen LogP contribution in [-0.2, 0) is 17.1 Å². The second-order valence-corrected chi connectivity index (χ2v) is 8.62. The molecule has 6 heteroatoms. The van der Waals surface area contributed by atoms with Gasteiger partial charge in [-0.1, -0.05) is 55.9 Å². The number of nitrogens with zero attached hydrogens (tertiary/aromatic N) is 1. The number of halogens is 1. The van der Waals surface area contributed by atoms with Gasteiger partial charge in [-0.15, -0.1) is 0 Å². The summed E-state index contributed by atoms with van der Waals surface area (Å²) in [7, 11) is 0. The van der Waals surface area contributed by atoms with Crippen LogP contribution in [0, 0.1) is 11.2 Å². The Labute approximate surface area is 163 Å². The zero-order valence-corrected chi connectivity index (χ0v) is 16.3. The van der Waals surface area contributed by atoms with Gasteiger partial charge in [-0.2, -0.15) is 0 Å². The number of ether oxygens (including phenoxy) is 2. The molecule has 2 aliphatic heterocycles. The first-order chi connectivity index (χ1) is 13.0. The van der Waals surface area contributed by atoms with Crippen molar-refractivity contribution in [2.45, 2.75) is 32.5 Å². The highest BCUT2D eigenvalue weighted by molar-refractivity contribution is 8.13. The Kier molecular flexibility index (Phi) is 5.10. The summed E-state index contributed by atoms with van der Waals surface area (Å²) in [4.78, 5) is 4.60. The van der Waals surface area contributed by atoms with Crippen molar-refractivity contribution in [2.24, 2.45) is 10.4 Å². The van der Waals surface area contributed by atoms with Gasteiger partial charge in [0, 0.05) is 40.9 Å². The predicted octanol–water partition coefficient (Wildman–Crippen LogP) is 4.65. The summed E-state index contributed by atoms with van der Waals surface area (Å²) in [5.41, 5.74) is 2.70. The van der Waals surface area contributed by atoms with E-state index in [1.807, 2.05) is 30.3 Å². The fraction of sp³-hybridized carbons (Fsp3) is 0.381. The Balaban J connectivity index is 1.52. The Morgan fingerprint density at radius 3 is 2.81 bits per heavy atom. The highest BCUT2D eigenvalue weighted by Gasteiger charge is 2.26.